The lowest BCUT2D eigenvalue weighted by molar-refractivity contribution is -0.117. The van der Waals surface area contributed by atoms with E-state index in [4.69, 9.17) is 4.52 Å². The average molecular weight is 441 g/mol. The molecular weight excluding hydrogens is 416 g/mol. The van der Waals surface area contributed by atoms with Gasteiger partial charge < -0.3 is 9.42 Å². The molecule has 3 aromatic rings. The van der Waals surface area contributed by atoms with Crippen LogP contribution in [0.2, 0.25) is 0 Å². The summed E-state index contributed by atoms with van der Waals surface area (Å²) in [5.41, 5.74) is 4.37. The molecule has 0 spiro atoms. The molecule has 1 saturated heterocycles. The van der Waals surface area contributed by atoms with Crippen LogP contribution in [0.25, 0.3) is 11.4 Å². The van der Waals surface area contributed by atoms with Gasteiger partial charge >= 0.3 is 0 Å². The number of carbonyl (C=O) groups excluding carboxylic acids is 1. The molecule has 4 rings (SSSR count). The molecule has 0 bridgehead atoms. The zero-order chi connectivity index (χ0) is 22.2. The predicted molar refractivity (Wildman–Crippen MR) is 118 cm³/mol. The highest BCUT2D eigenvalue weighted by Crippen LogP contribution is 2.32. The van der Waals surface area contributed by atoms with Crippen LogP contribution in [-0.4, -0.2) is 36.8 Å². The van der Waals surface area contributed by atoms with Crippen LogP contribution in [-0.2, 0) is 14.8 Å². The van der Waals surface area contributed by atoms with E-state index in [0.29, 0.717) is 35.9 Å². The molecule has 31 heavy (non-hydrogen) atoms. The van der Waals surface area contributed by atoms with E-state index in [-0.39, 0.29) is 17.6 Å². The molecule has 0 radical (unpaired) electrons. The Bertz CT molecular complexity index is 1220. The average Bonchev–Trinajstić information content (AvgIpc) is 3.37. The third kappa shape index (κ3) is 4.46. The molecule has 0 aliphatic carbocycles. The second-order valence-corrected chi connectivity index (χ2v) is 9.72. The van der Waals surface area contributed by atoms with Gasteiger partial charge in [0.05, 0.1) is 11.7 Å². The van der Waals surface area contributed by atoms with Crippen LogP contribution >= 0.6 is 0 Å². The molecule has 1 amide bonds. The fourth-order valence-corrected chi connectivity index (χ4v) is 4.11. The molecule has 2 heterocycles. The Morgan fingerprint density at radius 1 is 1.13 bits per heavy atom. The molecule has 0 saturated carbocycles. The molecule has 0 unspecified atom stereocenters. The zero-order valence-corrected chi connectivity index (χ0v) is 18.4. The van der Waals surface area contributed by atoms with E-state index in [1.54, 1.807) is 36.1 Å². The summed E-state index contributed by atoms with van der Waals surface area (Å²) in [6.45, 7) is 6.13. The van der Waals surface area contributed by atoms with Gasteiger partial charge in [-0.25, -0.2) is 8.42 Å². The predicted octanol–water partition coefficient (Wildman–Crippen LogP) is 3.64. The lowest BCUT2D eigenvalue weighted by Crippen LogP contribution is -2.24. The standard InChI is InChI=1S/C22H24N4O4S/c1-4-31(28,29)25-18-8-6-16(7-9-18)21-23-22(30-24-21)17-12-20(27)26(13-17)19-10-5-14(2)15(3)11-19/h5-11,17,25H,4,12-13H2,1-3H3/t17-/m0/s1. The number of rotatable bonds is 6. The molecule has 2 aromatic carbocycles. The van der Waals surface area contributed by atoms with Crippen LogP contribution in [0.4, 0.5) is 11.4 Å². The highest BCUT2D eigenvalue weighted by atomic mass is 32.2. The SMILES string of the molecule is CCS(=O)(=O)Nc1ccc(-c2noc([C@H]3CC(=O)N(c4ccc(C)c(C)c4)C3)n2)cc1. The largest absolute Gasteiger partial charge is 0.339 e. The summed E-state index contributed by atoms with van der Waals surface area (Å²) < 4.78 is 31.3. The molecular formula is C22H24N4O4S. The number of nitrogens with zero attached hydrogens (tertiary/aromatic N) is 3. The lowest BCUT2D eigenvalue weighted by Gasteiger charge is -2.17. The van der Waals surface area contributed by atoms with Crippen LogP contribution in [0.3, 0.4) is 0 Å². The van der Waals surface area contributed by atoms with Gasteiger partial charge in [-0.1, -0.05) is 11.2 Å². The van der Waals surface area contributed by atoms with Crippen LogP contribution < -0.4 is 9.62 Å². The first-order valence-corrected chi connectivity index (χ1v) is 11.7. The van der Waals surface area contributed by atoms with Crippen molar-refractivity contribution in [1.82, 2.24) is 10.1 Å². The van der Waals surface area contributed by atoms with Crippen molar-refractivity contribution < 1.29 is 17.7 Å². The van der Waals surface area contributed by atoms with Gasteiger partial charge in [0.15, 0.2) is 0 Å². The number of aryl methyl sites for hydroxylation is 2. The minimum Gasteiger partial charge on any atom is -0.339 e. The summed E-state index contributed by atoms with van der Waals surface area (Å²) in [6.07, 6.45) is 0.312. The monoisotopic (exact) mass is 440 g/mol. The number of aromatic nitrogens is 2. The van der Waals surface area contributed by atoms with Crippen molar-refractivity contribution in [3.8, 4) is 11.4 Å². The number of benzene rings is 2. The molecule has 8 nitrogen and oxygen atoms in total. The second-order valence-electron chi connectivity index (χ2n) is 7.71. The number of amides is 1. The van der Waals surface area contributed by atoms with Crippen molar-refractivity contribution in [1.29, 1.82) is 0 Å². The van der Waals surface area contributed by atoms with Crippen LogP contribution in [0.5, 0.6) is 0 Å². The van der Waals surface area contributed by atoms with Crippen molar-refractivity contribution in [3.05, 3.63) is 59.5 Å². The van der Waals surface area contributed by atoms with E-state index in [0.717, 1.165) is 11.3 Å². The van der Waals surface area contributed by atoms with Crippen molar-refractivity contribution in [2.75, 3.05) is 21.9 Å². The van der Waals surface area contributed by atoms with Gasteiger partial charge in [0, 0.05) is 29.9 Å². The van der Waals surface area contributed by atoms with E-state index in [9.17, 15) is 13.2 Å². The summed E-state index contributed by atoms with van der Waals surface area (Å²) >= 11 is 0. The molecule has 1 aliphatic heterocycles. The van der Waals surface area contributed by atoms with Gasteiger partial charge in [0.1, 0.15) is 0 Å². The molecule has 1 N–H and O–H groups in total. The fourth-order valence-electron chi connectivity index (χ4n) is 3.47. The first-order chi connectivity index (χ1) is 14.8. The van der Waals surface area contributed by atoms with Gasteiger partial charge in [-0.3, -0.25) is 9.52 Å². The minimum absolute atomic E-state index is 0.00222. The summed E-state index contributed by atoms with van der Waals surface area (Å²) in [7, 11) is -3.33. The number of hydrogen-bond acceptors (Lipinski definition) is 6. The van der Waals surface area contributed by atoms with E-state index >= 15 is 0 Å². The highest BCUT2D eigenvalue weighted by Gasteiger charge is 2.35. The van der Waals surface area contributed by atoms with Gasteiger partial charge in [0.25, 0.3) is 0 Å². The van der Waals surface area contributed by atoms with Crippen LogP contribution in [0.15, 0.2) is 47.0 Å². The van der Waals surface area contributed by atoms with E-state index in [1.807, 2.05) is 32.0 Å². The zero-order valence-electron chi connectivity index (χ0n) is 17.6. The maximum Gasteiger partial charge on any atom is 0.232 e. The molecule has 162 valence electrons. The Morgan fingerprint density at radius 2 is 1.87 bits per heavy atom. The highest BCUT2D eigenvalue weighted by molar-refractivity contribution is 7.92. The van der Waals surface area contributed by atoms with Gasteiger partial charge in [-0.05, 0) is 68.3 Å². The Balaban J connectivity index is 1.49. The molecule has 1 fully saturated rings. The van der Waals surface area contributed by atoms with Crippen molar-refractivity contribution >= 4 is 27.3 Å². The number of carbonyl (C=O) groups is 1. The molecule has 1 aromatic heterocycles. The number of hydrogen-bond donors (Lipinski definition) is 1. The van der Waals surface area contributed by atoms with Gasteiger partial charge in [0.2, 0.25) is 27.6 Å². The minimum atomic E-state index is -3.33. The molecule has 9 heteroatoms. The van der Waals surface area contributed by atoms with E-state index < -0.39 is 10.0 Å². The van der Waals surface area contributed by atoms with E-state index in [2.05, 4.69) is 14.9 Å². The second kappa shape index (κ2) is 8.14. The maximum absolute atomic E-state index is 12.6. The van der Waals surface area contributed by atoms with Crippen molar-refractivity contribution in [3.63, 3.8) is 0 Å². The Hall–Kier alpha value is -3.20. The van der Waals surface area contributed by atoms with Gasteiger partial charge in [-0.2, -0.15) is 4.98 Å². The van der Waals surface area contributed by atoms with Gasteiger partial charge in [-0.15, -0.1) is 0 Å². The number of sulfonamides is 1. The summed E-state index contributed by atoms with van der Waals surface area (Å²) in [5, 5.41) is 4.05. The molecule has 1 atom stereocenters. The quantitative estimate of drug-likeness (QED) is 0.627. The van der Waals surface area contributed by atoms with Crippen LogP contribution in [0, 0.1) is 13.8 Å². The number of anilines is 2. The fraction of sp³-hybridized carbons (Fsp3) is 0.318. The summed E-state index contributed by atoms with van der Waals surface area (Å²) in [6, 6.07) is 12.7. The Kier molecular flexibility index (Phi) is 5.53. The summed E-state index contributed by atoms with van der Waals surface area (Å²) in [5.74, 6) is 0.677. The Labute approximate surface area is 181 Å². The van der Waals surface area contributed by atoms with Crippen LogP contribution in [0.1, 0.15) is 36.3 Å². The number of nitrogens with one attached hydrogen (secondary N) is 1. The lowest BCUT2D eigenvalue weighted by atomic mass is 10.1. The van der Waals surface area contributed by atoms with E-state index in [1.165, 1.54) is 5.56 Å². The topological polar surface area (TPSA) is 105 Å². The third-order valence-corrected chi connectivity index (χ3v) is 6.82. The first-order valence-electron chi connectivity index (χ1n) is 10.1. The summed E-state index contributed by atoms with van der Waals surface area (Å²) in [4.78, 5) is 18.8. The first kappa shape index (κ1) is 21.0. The smallest absolute Gasteiger partial charge is 0.232 e. The molecule has 1 aliphatic rings. The maximum atomic E-state index is 12.6. The normalized spacial score (nSPS) is 16.7. The van der Waals surface area contributed by atoms with Crippen molar-refractivity contribution in [2.24, 2.45) is 0 Å². The Morgan fingerprint density at radius 3 is 2.55 bits per heavy atom. The van der Waals surface area contributed by atoms with Crippen molar-refractivity contribution in [2.45, 2.75) is 33.1 Å². The third-order valence-electron chi connectivity index (χ3n) is 5.51.